The van der Waals surface area contributed by atoms with Crippen LogP contribution in [0.25, 0.3) is 0 Å². The Labute approximate surface area is 105 Å². The van der Waals surface area contributed by atoms with Gasteiger partial charge in [-0.3, -0.25) is 4.79 Å². The fourth-order valence-electron chi connectivity index (χ4n) is 1.59. The fraction of sp³-hybridized carbons (Fsp3) is 0.462. The topological polar surface area (TPSA) is 37.3 Å². The number of hydrogen-bond donors (Lipinski definition) is 1. The van der Waals surface area contributed by atoms with Gasteiger partial charge in [-0.1, -0.05) is 19.1 Å². The quantitative estimate of drug-likeness (QED) is 0.761. The number of rotatable bonds is 7. The van der Waals surface area contributed by atoms with Crippen molar-refractivity contribution in [1.82, 2.24) is 0 Å². The highest BCUT2D eigenvalue weighted by Crippen LogP contribution is 2.16. The predicted octanol–water partition coefficient (Wildman–Crippen LogP) is 3.21. The molecular weight excluding hydrogens is 239 g/mol. The van der Waals surface area contributed by atoms with Crippen molar-refractivity contribution in [2.45, 2.75) is 19.8 Å². The van der Waals surface area contributed by atoms with Crippen LogP contribution in [-0.4, -0.2) is 22.6 Å². The van der Waals surface area contributed by atoms with Crippen molar-refractivity contribution in [2.75, 3.05) is 11.5 Å². The summed E-state index contributed by atoms with van der Waals surface area (Å²) in [5.74, 6) is 0.421. The number of carboxylic acids is 1. The Balaban J connectivity index is 2.54. The maximum absolute atomic E-state index is 12.7. The number of carbonyl (C=O) groups is 1. The average Bonchev–Trinajstić information content (AvgIpc) is 2.30. The summed E-state index contributed by atoms with van der Waals surface area (Å²) in [7, 11) is 0. The molecule has 0 radical (unpaired) electrons. The molecule has 1 atom stereocenters. The zero-order valence-corrected chi connectivity index (χ0v) is 10.7. The molecule has 0 aliphatic carbocycles. The molecule has 1 N–H and O–H groups in total. The van der Waals surface area contributed by atoms with E-state index in [0.717, 1.165) is 17.1 Å². The molecule has 1 unspecified atom stereocenters. The van der Waals surface area contributed by atoms with Crippen LogP contribution in [0.1, 0.15) is 18.9 Å². The summed E-state index contributed by atoms with van der Waals surface area (Å²) in [5.41, 5.74) is 0.875. The SMILES string of the molecule is CCSCCC(Cc1ccc(F)cc1)C(=O)O. The maximum Gasteiger partial charge on any atom is 0.306 e. The molecule has 0 saturated heterocycles. The van der Waals surface area contributed by atoms with Crippen molar-refractivity contribution in [3.63, 3.8) is 0 Å². The number of aliphatic carboxylic acids is 1. The van der Waals surface area contributed by atoms with E-state index in [1.54, 1.807) is 23.9 Å². The van der Waals surface area contributed by atoms with Gasteiger partial charge in [0.1, 0.15) is 5.82 Å². The summed E-state index contributed by atoms with van der Waals surface area (Å²) in [4.78, 5) is 11.1. The lowest BCUT2D eigenvalue weighted by molar-refractivity contribution is -0.141. The van der Waals surface area contributed by atoms with Gasteiger partial charge in [-0.25, -0.2) is 4.39 Å². The molecule has 0 aliphatic rings. The van der Waals surface area contributed by atoms with Gasteiger partial charge in [-0.2, -0.15) is 11.8 Å². The Morgan fingerprint density at radius 2 is 2.06 bits per heavy atom. The Hall–Kier alpha value is -1.03. The molecule has 17 heavy (non-hydrogen) atoms. The highest BCUT2D eigenvalue weighted by molar-refractivity contribution is 7.99. The zero-order valence-electron chi connectivity index (χ0n) is 9.86. The van der Waals surface area contributed by atoms with E-state index in [-0.39, 0.29) is 11.7 Å². The largest absolute Gasteiger partial charge is 0.481 e. The molecule has 4 heteroatoms. The molecule has 2 nitrogen and oxygen atoms in total. The van der Waals surface area contributed by atoms with E-state index in [9.17, 15) is 9.18 Å². The molecule has 1 rings (SSSR count). The summed E-state index contributed by atoms with van der Waals surface area (Å²) < 4.78 is 12.7. The smallest absolute Gasteiger partial charge is 0.306 e. The first-order chi connectivity index (χ1) is 8.13. The monoisotopic (exact) mass is 256 g/mol. The van der Waals surface area contributed by atoms with Gasteiger partial charge in [0.25, 0.3) is 0 Å². The molecule has 0 amide bonds. The van der Waals surface area contributed by atoms with Crippen molar-refractivity contribution in [2.24, 2.45) is 5.92 Å². The average molecular weight is 256 g/mol. The van der Waals surface area contributed by atoms with Gasteiger partial charge in [0.15, 0.2) is 0 Å². The molecule has 0 fully saturated rings. The standard InChI is InChI=1S/C13H17FO2S/c1-2-17-8-7-11(13(15)16)9-10-3-5-12(14)6-4-10/h3-6,11H,2,7-9H2,1H3,(H,15,16). The van der Waals surface area contributed by atoms with E-state index in [0.29, 0.717) is 12.8 Å². The minimum absolute atomic E-state index is 0.290. The van der Waals surface area contributed by atoms with E-state index in [1.807, 2.05) is 0 Å². The molecule has 0 bridgehead atoms. The van der Waals surface area contributed by atoms with E-state index in [2.05, 4.69) is 6.92 Å². The van der Waals surface area contributed by atoms with Gasteiger partial charge in [0.2, 0.25) is 0 Å². The highest BCUT2D eigenvalue weighted by atomic mass is 32.2. The van der Waals surface area contributed by atoms with Crippen molar-refractivity contribution in [1.29, 1.82) is 0 Å². The van der Waals surface area contributed by atoms with Crippen LogP contribution in [0, 0.1) is 11.7 Å². The normalized spacial score (nSPS) is 12.4. The van der Waals surface area contributed by atoms with Crippen LogP contribution < -0.4 is 0 Å². The van der Waals surface area contributed by atoms with Gasteiger partial charge >= 0.3 is 5.97 Å². The number of thioether (sulfide) groups is 1. The molecule has 0 heterocycles. The second kappa shape index (κ2) is 7.33. The molecular formula is C13H17FO2S. The molecule has 0 spiro atoms. The minimum Gasteiger partial charge on any atom is -0.481 e. The summed E-state index contributed by atoms with van der Waals surface area (Å²) in [5, 5.41) is 9.11. The first kappa shape index (κ1) is 14.0. The van der Waals surface area contributed by atoms with E-state index >= 15 is 0 Å². The number of hydrogen-bond acceptors (Lipinski definition) is 2. The van der Waals surface area contributed by atoms with Gasteiger partial charge in [0, 0.05) is 0 Å². The Bertz CT molecular complexity index is 351. The lowest BCUT2D eigenvalue weighted by Crippen LogP contribution is -2.17. The van der Waals surface area contributed by atoms with Gasteiger partial charge < -0.3 is 5.11 Å². The summed E-state index contributed by atoms with van der Waals surface area (Å²) in [6, 6.07) is 6.04. The molecule has 0 aliphatic heterocycles. The van der Waals surface area contributed by atoms with Crippen LogP contribution in [0.5, 0.6) is 0 Å². The van der Waals surface area contributed by atoms with Crippen molar-refractivity contribution in [3.8, 4) is 0 Å². The lowest BCUT2D eigenvalue weighted by atomic mass is 9.97. The van der Waals surface area contributed by atoms with Crippen molar-refractivity contribution in [3.05, 3.63) is 35.6 Å². The first-order valence-electron chi connectivity index (χ1n) is 5.68. The van der Waals surface area contributed by atoms with Gasteiger partial charge in [0.05, 0.1) is 5.92 Å². The zero-order chi connectivity index (χ0) is 12.7. The minimum atomic E-state index is -0.772. The van der Waals surface area contributed by atoms with Crippen LogP contribution in [0.3, 0.4) is 0 Å². The van der Waals surface area contributed by atoms with E-state index in [4.69, 9.17) is 5.11 Å². The summed E-state index contributed by atoms with van der Waals surface area (Å²) in [6.07, 6.45) is 1.13. The number of halogens is 1. The van der Waals surface area contributed by atoms with Gasteiger partial charge in [-0.15, -0.1) is 0 Å². The lowest BCUT2D eigenvalue weighted by Gasteiger charge is -2.11. The number of benzene rings is 1. The van der Waals surface area contributed by atoms with Crippen LogP contribution >= 0.6 is 11.8 Å². The third-order valence-electron chi connectivity index (χ3n) is 2.56. The first-order valence-corrected chi connectivity index (χ1v) is 6.84. The molecule has 1 aromatic rings. The Morgan fingerprint density at radius 1 is 1.41 bits per heavy atom. The van der Waals surface area contributed by atoms with Crippen LogP contribution in [0.15, 0.2) is 24.3 Å². The molecule has 94 valence electrons. The third kappa shape index (κ3) is 5.22. The third-order valence-corrected chi connectivity index (χ3v) is 3.49. The van der Waals surface area contributed by atoms with E-state index in [1.165, 1.54) is 12.1 Å². The number of carboxylic acid groups (broad SMARTS) is 1. The Kier molecular flexibility index (Phi) is 6.05. The fourth-order valence-corrected chi connectivity index (χ4v) is 2.33. The molecule has 0 saturated carbocycles. The molecule has 1 aromatic carbocycles. The van der Waals surface area contributed by atoms with Crippen LogP contribution in [-0.2, 0) is 11.2 Å². The van der Waals surface area contributed by atoms with Crippen molar-refractivity contribution < 1.29 is 14.3 Å². The molecule has 0 aromatic heterocycles. The Morgan fingerprint density at radius 3 is 2.59 bits per heavy atom. The second-order valence-corrected chi connectivity index (χ2v) is 5.25. The second-order valence-electron chi connectivity index (χ2n) is 3.85. The van der Waals surface area contributed by atoms with Crippen LogP contribution in [0.2, 0.25) is 0 Å². The summed E-state index contributed by atoms with van der Waals surface area (Å²) in [6.45, 7) is 2.06. The highest BCUT2D eigenvalue weighted by Gasteiger charge is 2.17. The van der Waals surface area contributed by atoms with Crippen molar-refractivity contribution >= 4 is 17.7 Å². The maximum atomic E-state index is 12.7. The predicted molar refractivity (Wildman–Crippen MR) is 68.8 cm³/mol. The summed E-state index contributed by atoms with van der Waals surface area (Å²) >= 11 is 1.74. The van der Waals surface area contributed by atoms with E-state index < -0.39 is 5.97 Å². The van der Waals surface area contributed by atoms with Crippen LogP contribution in [0.4, 0.5) is 4.39 Å². The van der Waals surface area contributed by atoms with Gasteiger partial charge in [-0.05, 0) is 42.0 Å².